The fourth-order valence-corrected chi connectivity index (χ4v) is 5.16. The van der Waals surface area contributed by atoms with Crippen molar-refractivity contribution >= 4 is 8.80 Å². The van der Waals surface area contributed by atoms with E-state index in [1.165, 1.54) is 0 Å². The fraction of sp³-hybridized carbons (Fsp3) is 1.00. The number of hydrogen-bond acceptors (Lipinski definition) is 7. The largest absolute Gasteiger partial charge is 0.531 e. The van der Waals surface area contributed by atoms with E-state index in [0.717, 1.165) is 6.42 Å². The van der Waals surface area contributed by atoms with Crippen LogP contribution in [-0.4, -0.2) is 52.9 Å². The highest BCUT2D eigenvalue weighted by atomic mass is 28.4. The van der Waals surface area contributed by atoms with Crippen molar-refractivity contribution in [3.63, 3.8) is 0 Å². The van der Waals surface area contributed by atoms with Crippen LogP contribution in [0.2, 0.25) is 0 Å². The maximum Gasteiger partial charge on any atom is 0.531 e. The van der Waals surface area contributed by atoms with E-state index in [4.69, 9.17) is 32.2 Å². The molecule has 150 valence electrons. The second kappa shape index (κ2) is 10.9. The Morgan fingerprint density at radius 2 is 1.44 bits per heavy atom. The van der Waals surface area contributed by atoms with Gasteiger partial charge in [0, 0.05) is 26.2 Å². The van der Waals surface area contributed by atoms with Crippen molar-refractivity contribution in [1.29, 1.82) is 0 Å². The van der Waals surface area contributed by atoms with Gasteiger partial charge < -0.3 is 18.0 Å². The molecule has 2 atom stereocenters. The van der Waals surface area contributed by atoms with Crippen molar-refractivity contribution in [2.24, 2.45) is 0 Å². The van der Waals surface area contributed by atoms with Gasteiger partial charge in [-0.05, 0) is 40.5 Å². The summed E-state index contributed by atoms with van der Waals surface area (Å²) in [5.74, 6) is -1.02. The van der Waals surface area contributed by atoms with Crippen LogP contribution in [-0.2, 0) is 32.2 Å². The van der Waals surface area contributed by atoms with Crippen molar-refractivity contribution in [3.8, 4) is 0 Å². The molecule has 0 aliphatic carbocycles. The molecule has 0 aromatic heterocycles. The molecule has 7 nitrogen and oxygen atoms in total. The lowest BCUT2D eigenvalue weighted by Crippen LogP contribution is -2.59. The van der Waals surface area contributed by atoms with Crippen LogP contribution in [0.5, 0.6) is 0 Å². The minimum absolute atomic E-state index is 0.210. The van der Waals surface area contributed by atoms with Crippen molar-refractivity contribution in [3.05, 3.63) is 0 Å². The molecule has 1 aliphatic rings. The number of rotatable bonds is 14. The minimum atomic E-state index is -2.96. The summed E-state index contributed by atoms with van der Waals surface area (Å²) in [6.45, 7) is 15.1. The second-order valence-corrected chi connectivity index (χ2v) is 8.63. The molecule has 1 aliphatic heterocycles. The molecule has 0 radical (unpaired) electrons. The molecule has 0 aromatic rings. The summed E-state index contributed by atoms with van der Waals surface area (Å²) in [6, 6.07) is 0. The van der Waals surface area contributed by atoms with E-state index in [2.05, 4.69) is 0 Å². The SMILES string of the molecule is CCO[Si](OCC)(OCC)C(C)OC(CC)OC1(CC)OC(CC)O1. The van der Waals surface area contributed by atoms with Gasteiger partial charge in [0.15, 0.2) is 12.6 Å². The Balaban J connectivity index is 2.76. The fourth-order valence-electron chi connectivity index (χ4n) is 2.68. The third kappa shape index (κ3) is 5.97. The van der Waals surface area contributed by atoms with Crippen LogP contribution in [0.15, 0.2) is 0 Å². The summed E-state index contributed by atoms with van der Waals surface area (Å²) in [4.78, 5) is 0. The van der Waals surface area contributed by atoms with E-state index in [9.17, 15) is 0 Å². The summed E-state index contributed by atoms with van der Waals surface area (Å²) < 4.78 is 41.3. The normalized spacial score (nSPS) is 26.3. The monoisotopic (exact) mass is 380 g/mol. The molecule has 0 aromatic carbocycles. The van der Waals surface area contributed by atoms with E-state index >= 15 is 0 Å². The molecule has 0 bridgehead atoms. The highest BCUT2D eigenvalue weighted by Gasteiger charge is 2.51. The van der Waals surface area contributed by atoms with Gasteiger partial charge in [-0.3, -0.25) is 14.2 Å². The molecule has 1 heterocycles. The number of ether oxygens (including phenoxy) is 4. The summed E-state index contributed by atoms with van der Waals surface area (Å²) in [5.41, 5.74) is -0.367. The van der Waals surface area contributed by atoms with Crippen LogP contribution in [0, 0.1) is 0 Å². The number of hydrogen-bond donors (Lipinski definition) is 0. The Bertz CT molecular complexity index is 346. The van der Waals surface area contributed by atoms with Gasteiger partial charge in [-0.1, -0.05) is 20.8 Å². The van der Waals surface area contributed by atoms with Gasteiger partial charge in [0.05, 0.1) is 0 Å². The van der Waals surface area contributed by atoms with Gasteiger partial charge in [-0.25, -0.2) is 0 Å². The Labute approximate surface area is 153 Å². The predicted octanol–water partition coefficient (Wildman–Crippen LogP) is 3.58. The third-order valence-corrected chi connectivity index (χ3v) is 7.13. The topological polar surface area (TPSA) is 64.6 Å². The standard InChI is InChI=1S/C17H36O7Si/c1-8-15(22-17(10-3)23-16(9-2)24-17)21-14(7)25(18-11-4,19-12-5)20-13-6/h14-16H,8-13H2,1-7H3. The molecule has 0 N–H and O–H groups in total. The molecule has 2 unspecified atom stereocenters. The smallest absolute Gasteiger partial charge is 0.372 e. The zero-order chi connectivity index (χ0) is 18.9. The lowest BCUT2D eigenvalue weighted by atomic mass is 10.3. The maximum atomic E-state index is 6.13. The van der Waals surface area contributed by atoms with Crippen LogP contribution in [0.1, 0.15) is 67.7 Å². The van der Waals surface area contributed by atoms with E-state index < -0.39 is 21.1 Å². The first-order valence-electron chi connectivity index (χ1n) is 9.55. The quantitative estimate of drug-likeness (QED) is 0.337. The van der Waals surface area contributed by atoms with E-state index in [-0.39, 0.29) is 12.0 Å². The van der Waals surface area contributed by atoms with Gasteiger partial charge in [-0.15, -0.1) is 0 Å². The summed E-state index contributed by atoms with van der Waals surface area (Å²) in [5, 5.41) is 0. The van der Waals surface area contributed by atoms with Crippen LogP contribution in [0.25, 0.3) is 0 Å². The first kappa shape index (κ1) is 23.0. The average Bonchev–Trinajstić information content (AvgIpc) is 2.57. The summed E-state index contributed by atoms with van der Waals surface area (Å²) in [6.07, 6.45) is 1.31. The predicted molar refractivity (Wildman–Crippen MR) is 95.6 cm³/mol. The Hall–Kier alpha value is -0.0631. The molecule has 1 saturated heterocycles. The third-order valence-electron chi connectivity index (χ3n) is 3.92. The van der Waals surface area contributed by atoms with Crippen molar-refractivity contribution in [2.45, 2.75) is 92.0 Å². The second-order valence-electron chi connectivity index (χ2n) is 5.75. The van der Waals surface area contributed by atoms with Crippen molar-refractivity contribution in [2.75, 3.05) is 19.8 Å². The zero-order valence-electron chi connectivity index (χ0n) is 16.8. The van der Waals surface area contributed by atoms with E-state index in [1.807, 2.05) is 48.5 Å². The molecule has 0 saturated carbocycles. The summed E-state index contributed by atoms with van der Waals surface area (Å²) >= 11 is 0. The molecular formula is C17H36O7Si. The van der Waals surface area contributed by atoms with Gasteiger partial charge in [0.1, 0.15) is 5.73 Å². The van der Waals surface area contributed by atoms with Gasteiger partial charge >= 0.3 is 8.80 Å². The highest BCUT2D eigenvalue weighted by Crippen LogP contribution is 2.37. The van der Waals surface area contributed by atoms with Crippen LogP contribution >= 0.6 is 0 Å². The average molecular weight is 381 g/mol. The van der Waals surface area contributed by atoms with Crippen LogP contribution < -0.4 is 0 Å². The summed E-state index contributed by atoms with van der Waals surface area (Å²) in [7, 11) is -2.96. The molecule has 1 fully saturated rings. The molecule has 0 spiro atoms. The van der Waals surface area contributed by atoms with E-state index in [0.29, 0.717) is 32.7 Å². The van der Waals surface area contributed by atoms with Crippen LogP contribution in [0.4, 0.5) is 0 Å². The molecule has 1 rings (SSSR count). The molecule has 0 amide bonds. The zero-order valence-corrected chi connectivity index (χ0v) is 17.8. The lowest BCUT2D eigenvalue weighted by Gasteiger charge is -2.47. The van der Waals surface area contributed by atoms with Crippen LogP contribution in [0.3, 0.4) is 0 Å². The first-order valence-corrected chi connectivity index (χ1v) is 11.4. The maximum absolute atomic E-state index is 6.13. The van der Waals surface area contributed by atoms with Gasteiger partial charge in [-0.2, -0.15) is 0 Å². The Morgan fingerprint density at radius 3 is 1.80 bits per heavy atom. The Morgan fingerprint density at radius 1 is 0.920 bits per heavy atom. The van der Waals surface area contributed by atoms with Crippen molar-refractivity contribution < 1.29 is 32.2 Å². The highest BCUT2D eigenvalue weighted by molar-refractivity contribution is 6.62. The molecular weight excluding hydrogens is 344 g/mol. The Kier molecular flexibility index (Phi) is 10.0. The van der Waals surface area contributed by atoms with Gasteiger partial charge in [0.25, 0.3) is 5.97 Å². The van der Waals surface area contributed by atoms with Gasteiger partial charge in [0.2, 0.25) is 0 Å². The van der Waals surface area contributed by atoms with Crippen molar-refractivity contribution in [1.82, 2.24) is 0 Å². The molecule has 25 heavy (non-hydrogen) atoms. The minimum Gasteiger partial charge on any atom is -0.372 e. The molecule has 8 heteroatoms. The first-order chi connectivity index (χ1) is 11.9. The van der Waals surface area contributed by atoms with E-state index in [1.54, 1.807) is 0 Å². The lowest BCUT2D eigenvalue weighted by molar-refractivity contribution is -0.559.